The number of hydrogen-bond acceptors (Lipinski definition) is 5. The molecule has 3 rings (SSSR count). The van der Waals surface area contributed by atoms with Gasteiger partial charge in [-0.25, -0.2) is 0 Å². The summed E-state index contributed by atoms with van der Waals surface area (Å²) in [5.41, 5.74) is 4.13. The first-order valence-corrected chi connectivity index (χ1v) is 10.2. The van der Waals surface area contributed by atoms with Gasteiger partial charge in [-0.05, 0) is 57.0 Å². The molecule has 1 aromatic heterocycles. The Morgan fingerprint density at radius 1 is 1.07 bits per heavy atom. The molecule has 29 heavy (non-hydrogen) atoms. The Balaban J connectivity index is 1.93. The highest BCUT2D eigenvalue weighted by Crippen LogP contribution is 2.23. The van der Waals surface area contributed by atoms with Gasteiger partial charge >= 0.3 is 5.97 Å². The second kappa shape index (κ2) is 9.05. The van der Waals surface area contributed by atoms with Gasteiger partial charge in [0, 0.05) is 0 Å². The van der Waals surface area contributed by atoms with Crippen molar-refractivity contribution in [1.29, 1.82) is 0 Å². The van der Waals surface area contributed by atoms with E-state index in [0.29, 0.717) is 17.2 Å². The van der Waals surface area contributed by atoms with E-state index in [4.69, 9.17) is 9.47 Å². The van der Waals surface area contributed by atoms with E-state index in [0.717, 1.165) is 26.9 Å². The Morgan fingerprint density at radius 3 is 2.48 bits per heavy atom. The number of carbonyl (C=O) groups excluding carboxylic acids is 2. The first kappa shape index (κ1) is 20.8. The van der Waals surface area contributed by atoms with Crippen molar-refractivity contribution in [2.75, 3.05) is 13.2 Å². The summed E-state index contributed by atoms with van der Waals surface area (Å²) in [6.07, 6.45) is 0. The Kier molecular flexibility index (Phi) is 6.49. The smallest absolute Gasteiger partial charge is 0.326 e. The van der Waals surface area contributed by atoms with E-state index in [-0.39, 0.29) is 19.1 Å². The average molecular weight is 413 g/mol. The van der Waals surface area contributed by atoms with Crippen molar-refractivity contribution in [1.82, 2.24) is 4.57 Å². The predicted molar refractivity (Wildman–Crippen MR) is 113 cm³/mol. The molecule has 6 nitrogen and oxygen atoms in total. The Morgan fingerprint density at radius 2 is 1.79 bits per heavy atom. The van der Waals surface area contributed by atoms with Crippen LogP contribution in [0.25, 0.3) is 10.2 Å². The van der Waals surface area contributed by atoms with Crippen LogP contribution >= 0.6 is 11.3 Å². The predicted octanol–water partition coefficient (Wildman–Crippen LogP) is 3.70. The lowest BCUT2D eigenvalue weighted by atomic mass is 10.1. The second-order valence-electron chi connectivity index (χ2n) is 6.81. The van der Waals surface area contributed by atoms with E-state index in [1.807, 2.05) is 51.1 Å². The van der Waals surface area contributed by atoms with Crippen LogP contribution in [-0.2, 0) is 20.9 Å². The van der Waals surface area contributed by atoms with Crippen molar-refractivity contribution in [3.8, 4) is 5.75 Å². The number of aromatic nitrogens is 1. The van der Waals surface area contributed by atoms with Gasteiger partial charge in [0.25, 0.3) is 5.91 Å². The van der Waals surface area contributed by atoms with Crippen LogP contribution in [0.3, 0.4) is 0 Å². The lowest BCUT2D eigenvalue weighted by molar-refractivity contribution is -0.143. The van der Waals surface area contributed by atoms with E-state index in [1.165, 1.54) is 11.3 Å². The molecule has 0 saturated heterocycles. The van der Waals surface area contributed by atoms with Crippen LogP contribution in [0.2, 0.25) is 0 Å². The largest absolute Gasteiger partial charge is 0.484 e. The minimum atomic E-state index is -0.413. The molecule has 0 unspecified atom stereocenters. The van der Waals surface area contributed by atoms with Crippen molar-refractivity contribution in [2.24, 2.45) is 4.99 Å². The van der Waals surface area contributed by atoms with Crippen LogP contribution in [0.15, 0.2) is 41.4 Å². The van der Waals surface area contributed by atoms with Crippen molar-refractivity contribution < 1.29 is 19.1 Å². The number of rotatable bonds is 6. The fourth-order valence-corrected chi connectivity index (χ4v) is 4.10. The number of amides is 1. The molecule has 0 fully saturated rings. The standard InChI is InChI=1S/C22H24N2O4S/c1-5-27-20(26)12-24-18-11-15(3)10-16(4)21(18)29-22(24)23-19(25)13-28-17-8-6-14(2)7-9-17/h6-11H,5,12-13H2,1-4H3. The van der Waals surface area contributed by atoms with Crippen LogP contribution in [-0.4, -0.2) is 29.7 Å². The number of carbonyl (C=O) groups is 2. The molecule has 0 spiro atoms. The number of nitrogens with zero attached hydrogens (tertiary/aromatic N) is 2. The number of hydrogen-bond donors (Lipinski definition) is 0. The Labute approximate surface area is 173 Å². The quantitative estimate of drug-likeness (QED) is 0.579. The molecule has 0 aliphatic heterocycles. The van der Waals surface area contributed by atoms with Crippen molar-refractivity contribution in [3.63, 3.8) is 0 Å². The molecule has 3 aromatic rings. The van der Waals surface area contributed by atoms with Crippen LogP contribution in [0.4, 0.5) is 0 Å². The first-order chi connectivity index (χ1) is 13.9. The van der Waals surface area contributed by atoms with Crippen molar-refractivity contribution >= 4 is 33.4 Å². The molecule has 0 aliphatic carbocycles. The molecule has 2 aromatic carbocycles. The topological polar surface area (TPSA) is 69.9 Å². The molecular formula is C22H24N2O4S. The highest BCUT2D eigenvalue weighted by atomic mass is 32.1. The maximum absolute atomic E-state index is 12.4. The molecule has 0 radical (unpaired) electrons. The maximum atomic E-state index is 12.4. The summed E-state index contributed by atoms with van der Waals surface area (Å²) in [4.78, 5) is 29.2. The third kappa shape index (κ3) is 5.12. The molecule has 0 N–H and O–H groups in total. The summed E-state index contributed by atoms with van der Waals surface area (Å²) in [5.74, 6) is -0.165. The third-order valence-corrected chi connectivity index (χ3v) is 5.54. The lowest BCUT2D eigenvalue weighted by Crippen LogP contribution is -2.24. The molecule has 1 heterocycles. The average Bonchev–Trinajstić information content (AvgIpc) is 2.99. The van der Waals surface area contributed by atoms with Gasteiger partial charge in [0.05, 0.1) is 16.8 Å². The minimum absolute atomic E-state index is 0.00165. The zero-order chi connectivity index (χ0) is 21.0. The van der Waals surface area contributed by atoms with Gasteiger partial charge in [0.1, 0.15) is 12.3 Å². The van der Waals surface area contributed by atoms with Gasteiger partial charge in [-0.15, -0.1) is 0 Å². The zero-order valence-corrected chi connectivity index (χ0v) is 17.8. The maximum Gasteiger partial charge on any atom is 0.326 e. The molecule has 1 amide bonds. The number of esters is 1. The highest BCUT2D eigenvalue weighted by Gasteiger charge is 2.14. The first-order valence-electron chi connectivity index (χ1n) is 9.40. The highest BCUT2D eigenvalue weighted by molar-refractivity contribution is 7.16. The fraction of sp³-hybridized carbons (Fsp3) is 0.318. The lowest BCUT2D eigenvalue weighted by Gasteiger charge is -2.06. The number of benzene rings is 2. The molecule has 7 heteroatoms. The van der Waals surface area contributed by atoms with E-state index < -0.39 is 5.91 Å². The van der Waals surface area contributed by atoms with E-state index in [1.54, 1.807) is 11.5 Å². The monoisotopic (exact) mass is 412 g/mol. The van der Waals surface area contributed by atoms with Crippen LogP contribution in [0, 0.1) is 20.8 Å². The van der Waals surface area contributed by atoms with E-state index >= 15 is 0 Å². The van der Waals surface area contributed by atoms with Crippen molar-refractivity contribution in [2.45, 2.75) is 34.2 Å². The van der Waals surface area contributed by atoms with Gasteiger partial charge in [-0.1, -0.05) is 35.1 Å². The van der Waals surface area contributed by atoms with Crippen LogP contribution in [0.1, 0.15) is 23.6 Å². The van der Waals surface area contributed by atoms with Gasteiger partial charge < -0.3 is 14.0 Å². The molecule has 0 atom stereocenters. The molecule has 0 aliphatic rings. The third-order valence-electron chi connectivity index (χ3n) is 4.31. The van der Waals surface area contributed by atoms with E-state index in [9.17, 15) is 9.59 Å². The summed E-state index contributed by atoms with van der Waals surface area (Å²) in [7, 11) is 0. The molecule has 0 bridgehead atoms. The SMILES string of the molecule is CCOC(=O)Cn1c(=NC(=O)COc2ccc(C)cc2)sc2c(C)cc(C)cc21. The zero-order valence-electron chi connectivity index (χ0n) is 17.0. The Bertz CT molecular complexity index is 1110. The van der Waals surface area contributed by atoms with Gasteiger partial charge in [-0.3, -0.25) is 9.59 Å². The second-order valence-corrected chi connectivity index (χ2v) is 7.79. The van der Waals surface area contributed by atoms with Gasteiger partial charge in [0.15, 0.2) is 11.4 Å². The summed E-state index contributed by atoms with van der Waals surface area (Å²) >= 11 is 1.38. The molecule has 0 saturated carbocycles. The van der Waals surface area contributed by atoms with E-state index in [2.05, 4.69) is 11.1 Å². The summed E-state index contributed by atoms with van der Waals surface area (Å²) in [6.45, 7) is 7.88. The number of thiazole rings is 1. The minimum Gasteiger partial charge on any atom is -0.484 e. The summed E-state index contributed by atoms with van der Waals surface area (Å²) in [5, 5.41) is 0. The fourth-order valence-electron chi connectivity index (χ4n) is 3.00. The summed E-state index contributed by atoms with van der Waals surface area (Å²) in [6, 6.07) is 11.5. The van der Waals surface area contributed by atoms with Gasteiger partial charge in [-0.2, -0.15) is 4.99 Å². The number of fused-ring (bicyclic) bond motifs is 1. The van der Waals surface area contributed by atoms with Crippen molar-refractivity contribution in [3.05, 3.63) is 57.9 Å². The van der Waals surface area contributed by atoms with Crippen LogP contribution < -0.4 is 9.54 Å². The van der Waals surface area contributed by atoms with Gasteiger partial charge in [0.2, 0.25) is 0 Å². The van der Waals surface area contributed by atoms with Crippen LogP contribution in [0.5, 0.6) is 5.75 Å². The molecule has 152 valence electrons. The molecular weight excluding hydrogens is 388 g/mol. The number of aryl methyl sites for hydroxylation is 3. The summed E-state index contributed by atoms with van der Waals surface area (Å²) < 4.78 is 13.4. The normalized spacial score (nSPS) is 11.7. The Hall–Kier alpha value is -2.93. The number of ether oxygens (including phenoxy) is 2.